The first-order valence-corrected chi connectivity index (χ1v) is 11.1. The largest absolute Gasteiger partial charge is 0.487 e. The molecule has 0 saturated heterocycles. The van der Waals surface area contributed by atoms with E-state index in [1.807, 2.05) is 24.3 Å². The van der Waals surface area contributed by atoms with Gasteiger partial charge in [0.05, 0.1) is 20.6 Å². The van der Waals surface area contributed by atoms with Crippen LogP contribution in [0.3, 0.4) is 0 Å². The van der Waals surface area contributed by atoms with Gasteiger partial charge in [0.2, 0.25) is 0 Å². The topological polar surface area (TPSA) is 33.0 Å². The summed E-state index contributed by atoms with van der Waals surface area (Å²) < 4.78 is 21.6. The molecule has 4 aromatic carbocycles. The maximum absolute atomic E-state index is 14.1. The molecule has 0 aliphatic rings. The number of rotatable bonds is 5. The van der Waals surface area contributed by atoms with E-state index >= 15 is 0 Å². The molecule has 0 atom stereocenters. The smallest absolute Gasteiger partial charge is 0.148 e. The molecule has 4 rings (SSSR count). The average molecular weight is 537 g/mol. The van der Waals surface area contributed by atoms with E-state index in [1.165, 1.54) is 16.8 Å². The number of nitrogens with zero attached hydrogens (tertiary/aromatic N) is 1. The molecule has 152 valence electrons. The van der Waals surface area contributed by atoms with E-state index < -0.39 is 5.82 Å². The summed E-state index contributed by atoms with van der Waals surface area (Å²) in [6.07, 6.45) is 1.65. The van der Waals surface area contributed by atoms with E-state index in [0.29, 0.717) is 12.4 Å². The van der Waals surface area contributed by atoms with Crippen LogP contribution in [-0.2, 0) is 6.61 Å². The molecular weight excluding hydrogens is 521 g/mol. The van der Waals surface area contributed by atoms with E-state index in [2.05, 4.69) is 68.3 Å². The van der Waals surface area contributed by atoms with Crippen molar-refractivity contribution in [1.29, 1.82) is 5.26 Å². The molecule has 0 heterocycles. The Bertz CT molecular complexity index is 1320. The van der Waals surface area contributed by atoms with Crippen LogP contribution >= 0.6 is 31.9 Å². The zero-order valence-corrected chi connectivity index (χ0v) is 19.5. The summed E-state index contributed by atoms with van der Waals surface area (Å²) >= 11 is 7.11. The van der Waals surface area contributed by atoms with Gasteiger partial charge in [0, 0.05) is 5.56 Å². The van der Waals surface area contributed by atoms with Crippen molar-refractivity contribution in [2.75, 3.05) is 0 Å². The molecule has 5 heteroatoms. The molecule has 4 aromatic rings. The number of ether oxygens (including phenoxy) is 1. The summed E-state index contributed by atoms with van der Waals surface area (Å²) in [7, 11) is 0. The lowest BCUT2D eigenvalue weighted by molar-refractivity contribution is 0.302. The lowest BCUT2D eigenvalue weighted by Gasteiger charge is -2.12. The number of nitriles is 1. The Kier molecular flexibility index (Phi) is 6.50. The van der Waals surface area contributed by atoms with Crippen molar-refractivity contribution in [2.24, 2.45) is 0 Å². The number of halogens is 3. The fourth-order valence-electron chi connectivity index (χ4n) is 3.30. The van der Waals surface area contributed by atoms with Gasteiger partial charge in [0.15, 0.2) is 0 Å². The number of allylic oxidation sites excluding steroid dienone is 1. The van der Waals surface area contributed by atoms with Gasteiger partial charge in [-0.3, -0.25) is 0 Å². The number of benzene rings is 4. The van der Waals surface area contributed by atoms with Crippen molar-refractivity contribution in [2.45, 2.75) is 6.61 Å². The Balaban J connectivity index is 1.58. The standard InChI is InChI=1S/C26H16Br2FNO/c27-23-13-18(12-21(15-30)22-7-3-4-8-25(22)29)14-24(28)26(23)31-16-17-9-10-19-5-1-2-6-20(19)11-17/h1-14H,16H2/b21-12-. The second-order valence-electron chi connectivity index (χ2n) is 6.93. The molecule has 0 aliphatic heterocycles. The minimum Gasteiger partial charge on any atom is -0.487 e. The first-order chi connectivity index (χ1) is 15.0. The van der Waals surface area contributed by atoms with Gasteiger partial charge >= 0.3 is 0 Å². The lowest BCUT2D eigenvalue weighted by Crippen LogP contribution is -1.97. The predicted octanol–water partition coefficient (Wildman–Crippen LogP) is 8.15. The quantitative estimate of drug-likeness (QED) is 0.190. The van der Waals surface area contributed by atoms with E-state index in [-0.39, 0.29) is 11.1 Å². The zero-order chi connectivity index (χ0) is 21.8. The molecule has 0 amide bonds. The monoisotopic (exact) mass is 535 g/mol. The first-order valence-electron chi connectivity index (χ1n) is 9.51. The Morgan fingerprint density at radius 1 is 0.903 bits per heavy atom. The summed E-state index contributed by atoms with van der Waals surface area (Å²) in [5.41, 5.74) is 2.33. The van der Waals surface area contributed by atoms with Gasteiger partial charge in [-0.1, -0.05) is 54.6 Å². The Labute approximate surface area is 196 Å². The maximum atomic E-state index is 14.1. The van der Waals surface area contributed by atoms with Crippen molar-refractivity contribution in [3.63, 3.8) is 0 Å². The molecule has 0 bridgehead atoms. The normalized spacial score (nSPS) is 11.4. The van der Waals surface area contributed by atoms with E-state index in [4.69, 9.17) is 4.74 Å². The summed E-state index contributed by atoms with van der Waals surface area (Å²) in [5, 5.41) is 11.9. The predicted molar refractivity (Wildman–Crippen MR) is 130 cm³/mol. The van der Waals surface area contributed by atoms with Crippen LogP contribution in [0.5, 0.6) is 5.75 Å². The molecule has 0 fully saturated rings. The van der Waals surface area contributed by atoms with Crippen LogP contribution in [-0.4, -0.2) is 0 Å². The van der Waals surface area contributed by atoms with Crippen LogP contribution in [0.25, 0.3) is 22.4 Å². The lowest BCUT2D eigenvalue weighted by atomic mass is 10.0. The Hall–Kier alpha value is -2.94. The highest BCUT2D eigenvalue weighted by Crippen LogP contribution is 2.36. The van der Waals surface area contributed by atoms with Gasteiger partial charge in [-0.05, 0) is 84.1 Å². The van der Waals surface area contributed by atoms with Crippen molar-refractivity contribution in [3.8, 4) is 11.8 Å². The average Bonchev–Trinajstić information content (AvgIpc) is 2.77. The highest BCUT2D eigenvalue weighted by Gasteiger charge is 2.11. The van der Waals surface area contributed by atoms with Crippen molar-refractivity contribution < 1.29 is 9.13 Å². The second kappa shape index (κ2) is 9.47. The number of fused-ring (bicyclic) bond motifs is 1. The van der Waals surface area contributed by atoms with Gasteiger partial charge in [-0.15, -0.1) is 0 Å². The Morgan fingerprint density at radius 2 is 1.58 bits per heavy atom. The minimum absolute atomic E-state index is 0.252. The summed E-state index contributed by atoms with van der Waals surface area (Å²) in [4.78, 5) is 0. The molecule has 0 saturated carbocycles. The third kappa shape index (κ3) is 4.87. The molecule has 0 radical (unpaired) electrons. The van der Waals surface area contributed by atoms with E-state index in [1.54, 1.807) is 24.3 Å². The van der Waals surface area contributed by atoms with Gasteiger partial charge in [0.1, 0.15) is 18.2 Å². The van der Waals surface area contributed by atoms with Crippen LogP contribution in [0.2, 0.25) is 0 Å². The van der Waals surface area contributed by atoms with Crippen molar-refractivity contribution >= 4 is 54.3 Å². The van der Waals surface area contributed by atoms with Gasteiger partial charge in [-0.2, -0.15) is 5.26 Å². The molecule has 0 aliphatic carbocycles. The van der Waals surface area contributed by atoms with E-state index in [9.17, 15) is 9.65 Å². The van der Waals surface area contributed by atoms with Crippen molar-refractivity contribution in [3.05, 3.63) is 110 Å². The highest BCUT2D eigenvalue weighted by atomic mass is 79.9. The Morgan fingerprint density at radius 3 is 2.29 bits per heavy atom. The summed E-state index contributed by atoms with van der Waals surface area (Å²) in [6.45, 7) is 0.413. The highest BCUT2D eigenvalue weighted by molar-refractivity contribution is 9.11. The third-order valence-corrected chi connectivity index (χ3v) is 5.99. The SMILES string of the molecule is N#C/C(=C/c1cc(Br)c(OCc2ccc3ccccc3c2)c(Br)c1)c1ccccc1F. The first kappa shape index (κ1) is 21.3. The molecule has 0 spiro atoms. The van der Waals surface area contributed by atoms with Gasteiger partial charge in [0.25, 0.3) is 0 Å². The van der Waals surface area contributed by atoms with Crippen LogP contribution in [0.15, 0.2) is 87.8 Å². The van der Waals surface area contributed by atoms with Crippen LogP contribution in [0.1, 0.15) is 16.7 Å². The van der Waals surface area contributed by atoms with Crippen LogP contribution < -0.4 is 4.74 Å². The van der Waals surface area contributed by atoms with Gasteiger partial charge in [-0.25, -0.2) is 4.39 Å². The third-order valence-electron chi connectivity index (χ3n) is 4.81. The van der Waals surface area contributed by atoms with Crippen molar-refractivity contribution in [1.82, 2.24) is 0 Å². The van der Waals surface area contributed by atoms with Gasteiger partial charge < -0.3 is 4.74 Å². The summed E-state index contributed by atoms with van der Waals surface area (Å²) in [5.74, 6) is 0.235. The molecule has 0 N–H and O–H groups in total. The maximum Gasteiger partial charge on any atom is 0.148 e. The van der Waals surface area contributed by atoms with E-state index in [0.717, 1.165) is 20.1 Å². The fourth-order valence-corrected chi connectivity index (χ4v) is 4.75. The molecule has 2 nitrogen and oxygen atoms in total. The van der Waals surface area contributed by atoms with Crippen LogP contribution in [0, 0.1) is 17.1 Å². The summed E-state index contributed by atoms with van der Waals surface area (Å²) in [6, 6.07) is 26.5. The molecule has 0 unspecified atom stereocenters. The second-order valence-corrected chi connectivity index (χ2v) is 8.64. The zero-order valence-electron chi connectivity index (χ0n) is 16.3. The number of hydrogen-bond donors (Lipinski definition) is 0. The fraction of sp³-hybridized carbons (Fsp3) is 0.0385. The molecular formula is C26H16Br2FNO. The molecule has 31 heavy (non-hydrogen) atoms. The molecule has 0 aromatic heterocycles. The number of hydrogen-bond acceptors (Lipinski definition) is 2. The minimum atomic E-state index is -0.427. The van der Waals surface area contributed by atoms with Crippen LogP contribution in [0.4, 0.5) is 4.39 Å².